The number of hydrogen-bond donors (Lipinski definition) is 1. The average molecular weight is 397 g/mol. The van der Waals surface area contributed by atoms with Crippen molar-refractivity contribution in [1.82, 2.24) is 5.32 Å². The van der Waals surface area contributed by atoms with Gasteiger partial charge in [-0.25, -0.2) is 27.2 Å². The molecule has 1 aliphatic carbocycles. The number of dihydropyridines is 1. The van der Waals surface area contributed by atoms with Crippen molar-refractivity contribution in [1.29, 1.82) is 0 Å². The molecule has 5 nitrogen and oxygen atoms in total. The third-order valence-corrected chi connectivity index (χ3v) is 5.21. The Morgan fingerprint density at radius 1 is 1.39 bits per heavy atom. The van der Waals surface area contributed by atoms with Gasteiger partial charge in [0.05, 0.1) is 41.5 Å². The molecular formula is C19H15F4NO4. The van der Waals surface area contributed by atoms with E-state index in [9.17, 15) is 27.2 Å². The summed E-state index contributed by atoms with van der Waals surface area (Å²) >= 11 is 0. The molecule has 1 aromatic carbocycles. The standard InChI is InChI=1S/C19H15F4NO4/c1-27-17(25)15-11(6-20)24-12-7-28-18(26)16(12)14(15)8-3-2-4-10(21)13(8)9-5-19(9,22)23/h2-4,9,14,24H,5-7H2,1H3/t9-,14-/m1/s1. The van der Waals surface area contributed by atoms with E-state index < -0.39 is 48.6 Å². The molecule has 0 bridgehead atoms. The number of benzene rings is 1. The van der Waals surface area contributed by atoms with Gasteiger partial charge in [-0.05, 0) is 11.6 Å². The molecule has 0 unspecified atom stereocenters. The Bertz CT molecular complexity index is 953. The lowest BCUT2D eigenvalue weighted by molar-refractivity contribution is -0.136. The molecule has 0 aromatic heterocycles. The van der Waals surface area contributed by atoms with Crippen LogP contribution in [0.2, 0.25) is 0 Å². The number of halogens is 4. The Kier molecular flexibility index (Phi) is 4.20. The largest absolute Gasteiger partial charge is 0.466 e. The molecule has 0 saturated heterocycles. The monoisotopic (exact) mass is 397 g/mol. The first-order chi connectivity index (χ1) is 13.3. The zero-order valence-electron chi connectivity index (χ0n) is 14.7. The topological polar surface area (TPSA) is 64.6 Å². The summed E-state index contributed by atoms with van der Waals surface area (Å²) in [6.45, 7) is -1.29. The minimum absolute atomic E-state index is 0.00127. The predicted molar refractivity (Wildman–Crippen MR) is 87.6 cm³/mol. The number of ether oxygens (including phenoxy) is 2. The van der Waals surface area contributed by atoms with Crippen LogP contribution in [0, 0.1) is 5.82 Å². The number of rotatable bonds is 4. The van der Waals surface area contributed by atoms with Crippen LogP contribution in [-0.2, 0) is 19.1 Å². The van der Waals surface area contributed by atoms with Gasteiger partial charge < -0.3 is 14.8 Å². The molecule has 2 aliphatic heterocycles. The summed E-state index contributed by atoms with van der Waals surface area (Å²) in [5, 5.41) is 2.65. The van der Waals surface area contributed by atoms with Crippen LogP contribution in [0.15, 0.2) is 40.7 Å². The Hall–Kier alpha value is -2.84. The molecule has 1 saturated carbocycles. The highest BCUT2D eigenvalue weighted by molar-refractivity contribution is 6.01. The third-order valence-electron chi connectivity index (χ3n) is 5.21. The van der Waals surface area contributed by atoms with Gasteiger partial charge in [-0.2, -0.15) is 0 Å². The zero-order valence-corrected chi connectivity index (χ0v) is 14.7. The Morgan fingerprint density at radius 3 is 2.71 bits per heavy atom. The van der Waals surface area contributed by atoms with Gasteiger partial charge in [0.15, 0.2) is 0 Å². The lowest BCUT2D eigenvalue weighted by atomic mass is 9.78. The lowest BCUT2D eigenvalue weighted by Gasteiger charge is -2.29. The second-order valence-electron chi connectivity index (χ2n) is 6.80. The quantitative estimate of drug-likeness (QED) is 0.625. The molecule has 0 spiro atoms. The van der Waals surface area contributed by atoms with E-state index >= 15 is 0 Å². The van der Waals surface area contributed by atoms with Gasteiger partial charge in [0.25, 0.3) is 5.92 Å². The maximum absolute atomic E-state index is 14.6. The van der Waals surface area contributed by atoms with E-state index in [0.29, 0.717) is 0 Å². The summed E-state index contributed by atoms with van der Waals surface area (Å²) in [5.41, 5.74) is -0.543. The van der Waals surface area contributed by atoms with Crippen LogP contribution in [0.5, 0.6) is 0 Å². The molecule has 148 valence electrons. The van der Waals surface area contributed by atoms with Crippen LogP contribution < -0.4 is 5.32 Å². The van der Waals surface area contributed by atoms with Crippen molar-refractivity contribution in [3.05, 3.63) is 57.7 Å². The Morgan fingerprint density at radius 2 is 2.11 bits per heavy atom. The summed E-state index contributed by atoms with van der Waals surface area (Å²) in [4.78, 5) is 24.7. The Labute approximate surface area is 157 Å². The second kappa shape index (κ2) is 6.35. The molecule has 2 heterocycles. The van der Waals surface area contributed by atoms with Crippen LogP contribution in [0.1, 0.15) is 29.4 Å². The molecule has 2 atom stereocenters. The van der Waals surface area contributed by atoms with Gasteiger partial charge in [0, 0.05) is 12.0 Å². The molecule has 1 aromatic rings. The fourth-order valence-electron chi connectivity index (χ4n) is 3.85. The number of carbonyl (C=O) groups excluding carboxylic acids is 2. The number of cyclic esters (lactones) is 1. The van der Waals surface area contributed by atoms with Crippen LogP contribution in [0.4, 0.5) is 17.6 Å². The number of allylic oxidation sites excluding steroid dienone is 1. The molecular weight excluding hydrogens is 382 g/mol. The Balaban J connectivity index is 1.96. The normalized spacial score (nSPS) is 25.2. The highest BCUT2D eigenvalue weighted by Gasteiger charge is 2.60. The van der Waals surface area contributed by atoms with E-state index in [0.717, 1.165) is 13.2 Å². The van der Waals surface area contributed by atoms with Gasteiger partial charge in [-0.1, -0.05) is 12.1 Å². The van der Waals surface area contributed by atoms with Crippen LogP contribution in [0.3, 0.4) is 0 Å². The maximum Gasteiger partial charge on any atom is 0.337 e. The molecule has 4 rings (SSSR count). The number of methoxy groups -OCH3 is 1. The van der Waals surface area contributed by atoms with Gasteiger partial charge in [-0.3, -0.25) is 0 Å². The van der Waals surface area contributed by atoms with Crippen LogP contribution in [-0.4, -0.2) is 38.3 Å². The molecule has 3 aliphatic rings. The minimum Gasteiger partial charge on any atom is -0.466 e. The molecule has 28 heavy (non-hydrogen) atoms. The van der Waals surface area contributed by atoms with E-state index in [1.165, 1.54) is 12.1 Å². The molecule has 0 radical (unpaired) electrons. The summed E-state index contributed by atoms with van der Waals surface area (Å²) < 4.78 is 65.5. The molecule has 9 heteroatoms. The highest BCUT2D eigenvalue weighted by Crippen LogP contribution is 2.58. The van der Waals surface area contributed by atoms with E-state index in [-0.39, 0.29) is 40.3 Å². The van der Waals surface area contributed by atoms with Crippen molar-refractivity contribution in [3.63, 3.8) is 0 Å². The lowest BCUT2D eigenvalue weighted by Crippen LogP contribution is -2.32. The second-order valence-corrected chi connectivity index (χ2v) is 6.80. The number of carbonyl (C=O) groups is 2. The summed E-state index contributed by atoms with van der Waals surface area (Å²) in [5.74, 6) is -8.36. The summed E-state index contributed by atoms with van der Waals surface area (Å²) in [6, 6.07) is 3.69. The van der Waals surface area contributed by atoms with Crippen molar-refractivity contribution in [3.8, 4) is 0 Å². The van der Waals surface area contributed by atoms with E-state index in [4.69, 9.17) is 9.47 Å². The van der Waals surface area contributed by atoms with E-state index in [1.54, 1.807) is 0 Å². The van der Waals surface area contributed by atoms with Crippen molar-refractivity contribution >= 4 is 11.9 Å². The van der Waals surface area contributed by atoms with E-state index in [2.05, 4.69) is 5.32 Å². The smallest absolute Gasteiger partial charge is 0.337 e. The summed E-state index contributed by atoms with van der Waals surface area (Å²) in [7, 11) is 1.07. The van der Waals surface area contributed by atoms with Gasteiger partial charge in [0.1, 0.15) is 19.1 Å². The fraction of sp³-hybridized carbons (Fsp3) is 0.368. The molecule has 1 N–H and O–H groups in total. The van der Waals surface area contributed by atoms with Gasteiger partial charge in [-0.15, -0.1) is 0 Å². The number of hydrogen-bond acceptors (Lipinski definition) is 5. The number of alkyl halides is 3. The third kappa shape index (κ3) is 2.68. The maximum atomic E-state index is 14.6. The molecule has 1 fully saturated rings. The molecule has 0 amide bonds. The van der Waals surface area contributed by atoms with Crippen molar-refractivity contribution in [2.45, 2.75) is 24.2 Å². The van der Waals surface area contributed by atoms with Crippen LogP contribution >= 0.6 is 0 Å². The minimum atomic E-state index is -3.09. The summed E-state index contributed by atoms with van der Waals surface area (Å²) in [6.07, 6.45) is -0.546. The van der Waals surface area contributed by atoms with Gasteiger partial charge >= 0.3 is 11.9 Å². The fourth-order valence-corrected chi connectivity index (χ4v) is 3.85. The van der Waals surface area contributed by atoms with Crippen molar-refractivity contribution < 1.29 is 36.6 Å². The average Bonchev–Trinajstić information content (AvgIpc) is 3.13. The van der Waals surface area contributed by atoms with Crippen LogP contribution in [0.25, 0.3) is 0 Å². The first kappa shape index (κ1) is 18.5. The highest BCUT2D eigenvalue weighted by atomic mass is 19.3. The zero-order chi connectivity index (χ0) is 20.2. The number of nitrogens with one attached hydrogen (secondary N) is 1. The van der Waals surface area contributed by atoms with Crippen molar-refractivity contribution in [2.24, 2.45) is 0 Å². The SMILES string of the molecule is COC(=O)C1=C(CF)NC2=C(C(=O)OC2)[C@@H]1c1cccc(F)c1[C@H]1CC1(F)F. The van der Waals surface area contributed by atoms with E-state index in [1.807, 2.05) is 0 Å². The van der Waals surface area contributed by atoms with Crippen molar-refractivity contribution in [2.75, 3.05) is 20.4 Å². The number of esters is 2. The predicted octanol–water partition coefficient (Wildman–Crippen LogP) is 2.84. The first-order valence-corrected chi connectivity index (χ1v) is 8.50. The first-order valence-electron chi connectivity index (χ1n) is 8.50. The van der Waals surface area contributed by atoms with Gasteiger partial charge in [0.2, 0.25) is 0 Å².